The lowest BCUT2D eigenvalue weighted by atomic mass is 10.0. The molecule has 1 atom stereocenters. The predicted molar refractivity (Wildman–Crippen MR) is 59.7 cm³/mol. The van der Waals surface area contributed by atoms with Gasteiger partial charge in [0, 0.05) is 5.56 Å². The number of carbonyl (C=O) groups excluding carboxylic acids is 1. The molecule has 0 saturated carbocycles. The number of nitrogens with zero attached hydrogens (tertiary/aromatic N) is 1. The Morgan fingerprint density at radius 2 is 1.95 bits per heavy atom. The van der Waals surface area contributed by atoms with Crippen molar-refractivity contribution in [3.63, 3.8) is 0 Å². The van der Waals surface area contributed by atoms with Crippen molar-refractivity contribution in [3.8, 4) is 0 Å². The van der Waals surface area contributed by atoms with Gasteiger partial charge in [0.15, 0.2) is 5.78 Å². The summed E-state index contributed by atoms with van der Waals surface area (Å²) in [6, 6.07) is 5.87. The molecule has 1 aromatic carbocycles. The van der Waals surface area contributed by atoms with Crippen molar-refractivity contribution in [3.05, 3.63) is 35.4 Å². The number of alkyl halides is 3. The number of hydrogen-bond donors (Lipinski definition) is 1. The van der Waals surface area contributed by atoms with E-state index in [-0.39, 0.29) is 11.5 Å². The number of oxime groups is 1. The average molecular weight is 273 g/mol. The van der Waals surface area contributed by atoms with Gasteiger partial charge in [0.05, 0.1) is 12.1 Å². The monoisotopic (exact) mass is 273 g/mol. The van der Waals surface area contributed by atoms with Crippen molar-refractivity contribution < 1.29 is 27.9 Å². The van der Waals surface area contributed by atoms with Gasteiger partial charge in [0.2, 0.25) is 0 Å². The first-order chi connectivity index (χ1) is 8.73. The standard InChI is InChI=1S/C12H10F3NO3/c1-7(17)8-2-4-9(5-3-8)10-6-11(18,19-16-10)12(13,14)15/h2-5,18H,6H2,1H3. The van der Waals surface area contributed by atoms with E-state index in [0.29, 0.717) is 11.1 Å². The average Bonchev–Trinajstić information content (AvgIpc) is 2.73. The van der Waals surface area contributed by atoms with Crippen molar-refractivity contribution in [2.45, 2.75) is 25.3 Å². The van der Waals surface area contributed by atoms with E-state index in [1.165, 1.54) is 31.2 Å². The molecular weight excluding hydrogens is 263 g/mol. The van der Waals surface area contributed by atoms with Crippen LogP contribution in [0, 0.1) is 0 Å². The van der Waals surface area contributed by atoms with E-state index in [2.05, 4.69) is 9.99 Å². The number of carbonyl (C=O) groups is 1. The second-order valence-corrected chi connectivity index (χ2v) is 4.22. The van der Waals surface area contributed by atoms with Crippen molar-refractivity contribution in [2.75, 3.05) is 0 Å². The topological polar surface area (TPSA) is 58.9 Å². The number of benzene rings is 1. The summed E-state index contributed by atoms with van der Waals surface area (Å²) in [6.45, 7) is 1.38. The highest BCUT2D eigenvalue weighted by Crippen LogP contribution is 2.38. The molecule has 0 aromatic heterocycles. The fourth-order valence-corrected chi connectivity index (χ4v) is 1.63. The number of rotatable bonds is 2. The van der Waals surface area contributed by atoms with Crippen LogP contribution in [0.1, 0.15) is 29.3 Å². The van der Waals surface area contributed by atoms with Gasteiger partial charge in [-0.15, -0.1) is 0 Å². The lowest BCUT2D eigenvalue weighted by Gasteiger charge is -2.22. The Kier molecular flexibility index (Phi) is 3.09. The lowest BCUT2D eigenvalue weighted by molar-refractivity contribution is -0.355. The summed E-state index contributed by atoms with van der Waals surface area (Å²) in [5.74, 6) is -3.43. The fraction of sp³-hybridized carbons (Fsp3) is 0.333. The van der Waals surface area contributed by atoms with Crippen LogP contribution >= 0.6 is 0 Å². The molecule has 4 nitrogen and oxygen atoms in total. The molecule has 102 valence electrons. The van der Waals surface area contributed by atoms with Crippen LogP contribution in [0.4, 0.5) is 13.2 Å². The molecule has 19 heavy (non-hydrogen) atoms. The van der Waals surface area contributed by atoms with E-state index >= 15 is 0 Å². The molecule has 1 aromatic rings. The van der Waals surface area contributed by atoms with Crippen LogP contribution < -0.4 is 0 Å². The molecule has 0 amide bonds. The molecule has 1 aliphatic heterocycles. The second-order valence-electron chi connectivity index (χ2n) is 4.22. The van der Waals surface area contributed by atoms with Gasteiger partial charge < -0.3 is 9.94 Å². The molecule has 2 rings (SSSR count). The molecule has 0 saturated heterocycles. The van der Waals surface area contributed by atoms with Crippen molar-refractivity contribution in [2.24, 2.45) is 5.16 Å². The third-order valence-electron chi connectivity index (χ3n) is 2.78. The van der Waals surface area contributed by atoms with Crippen LogP contribution in [0.15, 0.2) is 29.4 Å². The first kappa shape index (κ1) is 13.5. The Balaban J connectivity index is 2.19. The van der Waals surface area contributed by atoms with E-state index in [4.69, 9.17) is 0 Å². The van der Waals surface area contributed by atoms with E-state index < -0.39 is 18.4 Å². The summed E-state index contributed by atoms with van der Waals surface area (Å²) < 4.78 is 37.5. The van der Waals surface area contributed by atoms with Crippen LogP contribution in [0.25, 0.3) is 0 Å². The maximum absolute atomic E-state index is 12.5. The van der Waals surface area contributed by atoms with Crippen LogP contribution in [-0.2, 0) is 4.84 Å². The Hall–Kier alpha value is -1.89. The number of aliphatic hydroxyl groups is 1. The third-order valence-corrected chi connectivity index (χ3v) is 2.78. The second kappa shape index (κ2) is 4.34. The minimum absolute atomic E-state index is 0.0186. The van der Waals surface area contributed by atoms with Gasteiger partial charge in [0.1, 0.15) is 0 Å². The highest BCUT2D eigenvalue weighted by Gasteiger charge is 2.60. The largest absolute Gasteiger partial charge is 0.458 e. The number of ketones is 1. The molecule has 1 unspecified atom stereocenters. The Labute approximate surface area is 106 Å². The van der Waals surface area contributed by atoms with Gasteiger partial charge in [0.25, 0.3) is 0 Å². The van der Waals surface area contributed by atoms with Crippen LogP contribution in [0.3, 0.4) is 0 Å². The lowest BCUT2D eigenvalue weighted by Crippen LogP contribution is -2.45. The summed E-state index contributed by atoms with van der Waals surface area (Å²) in [4.78, 5) is 15.2. The molecule has 0 fully saturated rings. The smallest absolute Gasteiger partial charge is 0.350 e. The molecule has 0 aliphatic carbocycles. The van der Waals surface area contributed by atoms with E-state index in [0.717, 1.165) is 0 Å². The third kappa shape index (κ3) is 2.46. The maximum Gasteiger partial charge on any atom is 0.458 e. The summed E-state index contributed by atoms with van der Waals surface area (Å²) >= 11 is 0. The van der Waals surface area contributed by atoms with Gasteiger partial charge >= 0.3 is 12.0 Å². The minimum atomic E-state index is -4.92. The Bertz CT molecular complexity index is 536. The zero-order valence-corrected chi connectivity index (χ0v) is 9.86. The van der Waals surface area contributed by atoms with Crippen LogP contribution in [0.2, 0.25) is 0 Å². The normalized spacial score (nSPS) is 22.9. The molecule has 7 heteroatoms. The van der Waals surface area contributed by atoms with Crippen molar-refractivity contribution in [1.29, 1.82) is 0 Å². The zero-order chi connectivity index (χ0) is 14.3. The zero-order valence-electron chi connectivity index (χ0n) is 9.86. The fourth-order valence-electron chi connectivity index (χ4n) is 1.63. The van der Waals surface area contributed by atoms with Gasteiger partial charge in [-0.2, -0.15) is 13.2 Å². The van der Waals surface area contributed by atoms with Crippen molar-refractivity contribution >= 4 is 11.5 Å². The number of hydrogen-bond acceptors (Lipinski definition) is 4. The predicted octanol–water partition coefficient (Wildman–Crippen LogP) is 2.26. The Morgan fingerprint density at radius 1 is 1.37 bits per heavy atom. The summed E-state index contributed by atoms with van der Waals surface area (Å²) in [7, 11) is 0. The summed E-state index contributed by atoms with van der Waals surface area (Å²) in [5.41, 5.74) is 0.787. The van der Waals surface area contributed by atoms with Crippen LogP contribution in [0.5, 0.6) is 0 Å². The quantitative estimate of drug-likeness (QED) is 0.841. The summed E-state index contributed by atoms with van der Waals surface area (Å²) in [6.07, 6.45) is -5.70. The van der Waals surface area contributed by atoms with Gasteiger partial charge in [-0.3, -0.25) is 4.79 Å². The highest BCUT2D eigenvalue weighted by atomic mass is 19.4. The molecule has 0 bridgehead atoms. The van der Waals surface area contributed by atoms with Crippen LogP contribution in [-0.4, -0.2) is 28.6 Å². The molecule has 0 spiro atoms. The number of halogens is 3. The SMILES string of the molecule is CC(=O)c1ccc(C2=NOC(O)(C(F)(F)F)C2)cc1. The minimum Gasteiger partial charge on any atom is -0.350 e. The maximum atomic E-state index is 12.5. The van der Waals surface area contributed by atoms with E-state index in [1.807, 2.05) is 0 Å². The van der Waals surface area contributed by atoms with Gasteiger partial charge in [-0.05, 0) is 12.5 Å². The first-order valence-electron chi connectivity index (χ1n) is 5.38. The number of Topliss-reactive ketones (excluding diaryl/α,β-unsaturated/α-hetero) is 1. The Morgan fingerprint density at radius 3 is 2.37 bits per heavy atom. The van der Waals surface area contributed by atoms with E-state index in [9.17, 15) is 23.1 Å². The van der Waals surface area contributed by atoms with Gasteiger partial charge in [-0.1, -0.05) is 29.4 Å². The highest BCUT2D eigenvalue weighted by molar-refractivity contribution is 6.02. The molecule has 1 aliphatic rings. The molecule has 0 radical (unpaired) electrons. The van der Waals surface area contributed by atoms with Gasteiger partial charge in [-0.25, -0.2) is 0 Å². The molecule has 1 N–H and O–H groups in total. The molecular formula is C12H10F3NO3. The van der Waals surface area contributed by atoms with E-state index in [1.54, 1.807) is 0 Å². The summed E-state index contributed by atoms with van der Waals surface area (Å²) in [5, 5.41) is 12.5. The van der Waals surface area contributed by atoms with Crippen molar-refractivity contribution in [1.82, 2.24) is 0 Å². The molecule has 1 heterocycles. The first-order valence-corrected chi connectivity index (χ1v) is 5.38.